The molecular formula is C23H21N3O2S. The van der Waals surface area contributed by atoms with Crippen LogP contribution in [0.1, 0.15) is 15.2 Å². The summed E-state index contributed by atoms with van der Waals surface area (Å²) in [6.45, 7) is 0.571. The van der Waals surface area contributed by atoms with E-state index in [-0.39, 0.29) is 5.91 Å². The summed E-state index contributed by atoms with van der Waals surface area (Å²) >= 11 is 1.69. The third kappa shape index (κ3) is 4.22. The molecule has 2 heterocycles. The van der Waals surface area contributed by atoms with E-state index in [0.29, 0.717) is 23.6 Å². The van der Waals surface area contributed by atoms with Gasteiger partial charge in [-0.1, -0.05) is 36.4 Å². The molecule has 5 nitrogen and oxygen atoms in total. The summed E-state index contributed by atoms with van der Waals surface area (Å²) in [6.07, 6.45) is 2.58. The second-order valence-corrected chi connectivity index (χ2v) is 7.49. The standard InChI is InChI=1S/C23H21N3O2S/c1-28-21-12-6-5-11-19(21)22-20(16-26(25-22)17-8-3-2-4-9-17)23(27)24-14-13-18-10-7-15-29-18/h2-12,15-16H,13-14H2,1H3,(H,24,27). The highest BCUT2D eigenvalue weighted by atomic mass is 32.1. The number of nitrogens with one attached hydrogen (secondary N) is 1. The lowest BCUT2D eigenvalue weighted by Crippen LogP contribution is -2.25. The number of rotatable bonds is 7. The average Bonchev–Trinajstić information content (AvgIpc) is 3.44. The molecule has 0 saturated heterocycles. The Balaban J connectivity index is 1.67. The van der Waals surface area contributed by atoms with E-state index in [1.165, 1.54) is 4.88 Å². The number of hydrogen-bond acceptors (Lipinski definition) is 4. The number of benzene rings is 2. The van der Waals surface area contributed by atoms with Crippen LogP contribution in [-0.2, 0) is 6.42 Å². The van der Waals surface area contributed by atoms with Crippen molar-refractivity contribution in [2.24, 2.45) is 0 Å². The number of carbonyl (C=O) groups excluding carboxylic acids is 1. The molecule has 6 heteroatoms. The summed E-state index contributed by atoms with van der Waals surface area (Å²) in [5.74, 6) is 0.531. The number of ether oxygens (including phenoxy) is 1. The highest BCUT2D eigenvalue weighted by molar-refractivity contribution is 7.09. The lowest BCUT2D eigenvalue weighted by molar-refractivity contribution is 0.0955. The molecule has 2 aromatic heterocycles. The van der Waals surface area contributed by atoms with Crippen LogP contribution in [-0.4, -0.2) is 29.3 Å². The van der Waals surface area contributed by atoms with Gasteiger partial charge in [0.2, 0.25) is 0 Å². The monoisotopic (exact) mass is 403 g/mol. The fraction of sp³-hybridized carbons (Fsp3) is 0.130. The molecule has 0 fully saturated rings. The fourth-order valence-corrected chi connectivity index (χ4v) is 3.85. The van der Waals surface area contributed by atoms with Gasteiger partial charge in [-0.3, -0.25) is 4.79 Å². The molecule has 0 bridgehead atoms. The van der Waals surface area contributed by atoms with Gasteiger partial charge in [0.25, 0.3) is 5.91 Å². The SMILES string of the molecule is COc1ccccc1-c1nn(-c2ccccc2)cc1C(=O)NCCc1cccs1. The molecule has 0 radical (unpaired) electrons. The number of para-hydroxylation sites is 2. The third-order valence-corrected chi connectivity index (χ3v) is 5.51. The molecule has 0 saturated carbocycles. The van der Waals surface area contributed by atoms with Gasteiger partial charge in [0.1, 0.15) is 11.4 Å². The Morgan fingerprint density at radius 1 is 1.07 bits per heavy atom. The molecule has 1 N–H and O–H groups in total. The van der Waals surface area contributed by atoms with E-state index in [2.05, 4.69) is 11.4 Å². The Morgan fingerprint density at radius 2 is 1.86 bits per heavy atom. The molecule has 0 spiro atoms. The first-order chi connectivity index (χ1) is 14.3. The molecule has 4 rings (SSSR count). The van der Waals surface area contributed by atoms with Gasteiger partial charge in [-0.05, 0) is 42.1 Å². The molecule has 146 valence electrons. The maximum atomic E-state index is 13.0. The largest absolute Gasteiger partial charge is 0.496 e. The zero-order valence-corrected chi connectivity index (χ0v) is 16.9. The van der Waals surface area contributed by atoms with Crippen molar-refractivity contribution in [2.45, 2.75) is 6.42 Å². The molecule has 0 aliphatic heterocycles. The van der Waals surface area contributed by atoms with Crippen LogP contribution in [0, 0.1) is 0 Å². The van der Waals surface area contributed by atoms with E-state index >= 15 is 0 Å². The second-order valence-electron chi connectivity index (χ2n) is 6.46. The van der Waals surface area contributed by atoms with Crippen LogP contribution in [0.15, 0.2) is 78.3 Å². The lowest BCUT2D eigenvalue weighted by Gasteiger charge is -2.08. The molecule has 1 amide bonds. The maximum Gasteiger partial charge on any atom is 0.255 e. The second kappa shape index (κ2) is 8.75. The van der Waals surface area contributed by atoms with E-state index in [1.54, 1.807) is 29.3 Å². The number of carbonyl (C=O) groups is 1. The van der Waals surface area contributed by atoms with E-state index in [9.17, 15) is 4.79 Å². The molecule has 2 aromatic carbocycles. The van der Waals surface area contributed by atoms with E-state index in [0.717, 1.165) is 17.7 Å². The molecule has 0 aliphatic carbocycles. The minimum absolute atomic E-state index is 0.148. The van der Waals surface area contributed by atoms with Crippen molar-refractivity contribution in [3.8, 4) is 22.7 Å². The molecule has 0 atom stereocenters. The number of thiophene rings is 1. The predicted molar refractivity (Wildman–Crippen MR) is 116 cm³/mol. The number of amides is 1. The number of aromatic nitrogens is 2. The zero-order valence-electron chi connectivity index (χ0n) is 16.0. The van der Waals surface area contributed by atoms with Crippen LogP contribution >= 0.6 is 11.3 Å². The summed E-state index contributed by atoms with van der Waals surface area (Å²) in [7, 11) is 1.62. The first-order valence-corrected chi connectivity index (χ1v) is 10.2. The normalized spacial score (nSPS) is 10.7. The van der Waals surface area contributed by atoms with E-state index in [1.807, 2.05) is 66.0 Å². The third-order valence-electron chi connectivity index (χ3n) is 4.58. The van der Waals surface area contributed by atoms with Crippen molar-refractivity contribution in [3.05, 3.63) is 88.7 Å². The van der Waals surface area contributed by atoms with E-state index < -0.39 is 0 Å². The quantitative estimate of drug-likeness (QED) is 0.491. The Labute approximate surface area is 173 Å². The van der Waals surface area contributed by atoms with Crippen LogP contribution in [0.2, 0.25) is 0 Å². The van der Waals surface area contributed by atoms with Gasteiger partial charge in [-0.15, -0.1) is 11.3 Å². The molecule has 29 heavy (non-hydrogen) atoms. The Kier molecular flexibility index (Phi) is 5.72. The Hall–Kier alpha value is -3.38. The van der Waals surface area contributed by atoms with Gasteiger partial charge in [-0.25, -0.2) is 4.68 Å². The Morgan fingerprint density at radius 3 is 2.62 bits per heavy atom. The van der Waals surface area contributed by atoms with Crippen molar-refractivity contribution in [1.29, 1.82) is 0 Å². The summed E-state index contributed by atoms with van der Waals surface area (Å²) in [5.41, 5.74) is 2.79. The van der Waals surface area contributed by atoms with Gasteiger partial charge in [0.15, 0.2) is 0 Å². The fourth-order valence-electron chi connectivity index (χ4n) is 3.14. The lowest BCUT2D eigenvalue weighted by atomic mass is 10.1. The van der Waals surface area contributed by atoms with Gasteiger partial charge in [-0.2, -0.15) is 5.10 Å². The van der Waals surface area contributed by atoms with Gasteiger partial charge in [0, 0.05) is 23.2 Å². The van der Waals surface area contributed by atoms with Crippen LogP contribution in [0.25, 0.3) is 16.9 Å². The smallest absolute Gasteiger partial charge is 0.255 e. The predicted octanol–water partition coefficient (Wildman–Crippen LogP) is 4.58. The summed E-state index contributed by atoms with van der Waals surface area (Å²) in [5, 5.41) is 9.78. The molecular weight excluding hydrogens is 382 g/mol. The molecule has 0 aliphatic rings. The Bertz CT molecular complexity index is 1090. The molecule has 0 unspecified atom stereocenters. The van der Waals surface area contributed by atoms with Crippen LogP contribution in [0.4, 0.5) is 0 Å². The van der Waals surface area contributed by atoms with E-state index in [4.69, 9.17) is 9.84 Å². The minimum atomic E-state index is -0.148. The highest BCUT2D eigenvalue weighted by Crippen LogP contribution is 2.31. The van der Waals surface area contributed by atoms with Crippen molar-refractivity contribution < 1.29 is 9.53 Å². The topological polar surface area (TPSA) is 56.2 Å². The van der Waals surface area contributed by atoms with Gasteiger partial charge >= 0.3 is 0 Å². The number of nitrogens with zero attached hydrogens (tertiary/aromatic N) is 2. The number of methoxy groups -OCH3 is 1. The van der Waals surface area contributed by atoms with Crippen LogP contribution in [0.5, 0.6) is 5.75 Å². The zero-order chi connectivity index (χ0) is 20.1. The average molecular weight is 404 g/mol. The maximum absolute atomic E-state index is 13.0. The van der Waals surface area contributed by atoms with Crippen molar-refractivity contribution in [3.63, 3.8) is 0 Å². The summed E-state index contributed by atoms with van der Waals surface area (Å²) in [4.78, 5) is 14.3. The van der Waals surface area contributed by atoms with Crippen molar-refractivity contribution in [2.75, 3.05) is 13.7 Å². The van der Waals surface area contributed by atoms with Crippen LogP contribution < -0.4 is 10.1 Å². The highest BCUT2D eigenvalue weighted by Gasteiger charge is 2.20. The minimum Gasteiger partial charge on any atom is -0.496 e. The van der Waals surface area contributed by atoms with Crippen molar-refractivity contribution >= 4 is 17.2 Å². The van der Waals surface area contributed by atoms with Gasteiger partial charge in [0.05, 0.1) is 18.4 Å². The van der Waals surface area contributed by atoms with Crippen molar-refractivity contribution in [1.82, 2.24) is 15.1 Å². The van der Waals surface area contributed by atoms with Crippen LogP contribution in [0.3, 0.4) is 0 Å². The molecule has 4 aromatic rings. The summed E-state index contributed by atoms with van der Waals surface area (Å²) < 4.78 is 7.23. The first-order valence-electron chi connectivity index (χ1n) is 9.35. The number of hydrogen-bond donors (Lipinski definition) is 1. The summed E-state index contributed by atoms with van der Waals surface area (Å²) in [6, 6.07) is 21.4. The first kappa shape index (κ1) is 19.0. The van der Waals surface area contributed by atoms with Gasteiger partial charge < -0.3 is 10.1 Å².